The first-order valence-corrected chi connectivity index (χ1v) is 5.79. The van der Waals surface area contributed by atoms with Crippen molar-refractivity contribution in [1.82, 2.24) is 20.8 Å². The van der Waals surface area contributed by atoms with Gasteiger partial charge in [0.15, 0.2) is 0 Å². The van der Waals surface area contributed by atoms with Crippen LogP contribution in [-0.2, 0) is 13.0 Å². The highest BCUT2D eigenvalue weighted by molar-refractivity contribution is 5.74. The molecule has 0 spiro atoms. The summed E-state index contributed by atoms with van der Waals surface area (Å²) in [5, 5.41) is 12.2. The monoisotopic (exact) mass is 248 g/mol. The zero-order chi connectivity index (χ0) is 12.8. The van der Waals surface area contributed by atoms with E-state index in [1.165, 1.54) is 0 Å². The lowest BCUT2D eigenvalue weighted by Crippen LogP contribution is -2.41. The third-order valence-electron chi connectivity index (χ3n) is 2.46. The zero-order valence-electron chi connectivity index (χ0n) is 10.1. The number of amides is 2. The number of carbonyl (C=O) groups excluding carboxylic acids is 1. The van der Waals surface area contributed by atoms with E-state index in [0.717, 1.165) is 11.5 Å². The van der Waals surface area contributed by atoms with Crippen LogP contribution in [0.3, 0.4) is 0 Å². The molecule has 3 N–H and O–H groups in total. The standard InChI is InChI=1S/C12H16N4O2/c1-9(7-11-3-2-6-18-11)15-12(17)13-8-10-4-5-14-16-10/h2-6,9H,7-8H2,1H3,(H,14,16)(H2,13,15,17)/t9-/m1/s1. The lowest BCUT2D eigenvalue weighted by molar-refractivity contribution is 0.237. The van der Waals surface area contributed by atoms with Crippen LogP contribution in [0.1, 0.15) is 18.4 Å². The summed E-state index contributed by atoms with van der Waals surface area (Å²) < 4.78 is 5.22. The van der Waals surface area contributed by atoms with Gasteiger partial charge >= 0.3 is 6.03 Å². The van der Waals surface area contributed by atoms with Crippen molar-refractivity contribution in [1.29, 1.82) is 0 Å². The Morgan fingerprint density at radius 1 is 1.56 bits per heavy atom. The fourth-order valence-electron chi connectivity index (χ4n) is 1.62. The molecule has 18 heavy (non-hydrogen) atoms. The van der Waals surface area contributed by atoms with Crippen LogP contribution in [0.15, 0.2) is 35.1 Å². The van der Waals surface area contributed by atoms with Gasteiger partial charge in [0.2, 0.25) is 0 Å². The third-order valence-corrected chi connectivity index (χ3v) is 2.46. The van der Waals surface area contributed by atoms with E-state index in [-0.39, 0.29) is 12.1 Å². The number of nitrogens with one attached hydrogen (secondary N) is 3. The molecule has 0 aromatic carbocycles. The fourth-order valence-corrected chi connectivity index (χ4v) is 1.62. The lowest BCUT2D eigenvalue weighted by Gasteiger charge is -2.13. The van der Waals surface area contributed by atoms with Crippen molar-refractivity contribution >= 4 is 6.03 Å². The summed E-state index contributed by atoms with van der Waals surface area (Å²) in [4.78, 5) is 11.6. The van der Waals surface area contributed by atoms with Crippen molar-refractivity contribution in [2.24, 2.45) is 0 Å². The molecule has 2 amide bonds. The molecule has 0 radical (unpaired) electrons. The fraction of sp³-hybridized carbons (Fsp3) is 0.333. The second-order valence-corrected chi connectivity index (χ2v) is 4.09. The van der Waals surface area contributed by atoms with E-state index in [2.05, 4.69) is 20.8 Å². The highest BCUT2D eigenvalue weighted by atomic mass is 16.3. The second kappa shape index (κ2) is 5.90. The Hall–Kier alpha value is -2.24. The predicted molar refractivity (Wildman–Crippen MR) is 65.8 cm³/mol. The average molecular weight is 248 g/mol. The summed E-state index contributed by atoms with van der Waals surface area (Å²) in [5.74, 6) is 0.858. The molecule has 2 aromatic rings. The zero-order valence-corrected chi connectivity index (χ0v) is 10.1. The molecule has 1 atom stereocenters. The molecule has 0 saturated carbocycles. The summed E-state index contributed by atoms with van der Waals surface area (Å²) >= 11 is 0. The molecule has 0 aliphatic carbocycles. The SMILES string of the molecule is C[C@H](Cc1ccco1)NC(=O)NCc1ccn[nH]1. The van der Waals surface area contributed by atoms with Crippen molar-refractivity contribution in [3.8, 4) is 0 Å². The largest absolute Gasteiger partial charge is 0.469 e. The summed E-state index contributed by atoms with van der Waals surface area (Å²) in [7, 11) is 0. The highest BCUT2D eigenvalue weighted by Crippen LogP contribution is 2.03. The Labute approximate surface area is 105 Å². The number of rotatable bonds is 5. The maximum absolute atomic E-state index is 11.6. The van der Waals surface area contributed by atoms with Gasteiger partial charge in [0, 0.05) is 18.7 Å². The van der Waals surface area contributed by atoms with Gasteiger partial charge in [0.05, 0.1) is 18.5 Å². The number of nitrogens with zero attached hydrogens (tertiary/aromatic N) is 1. The Kier molecular flexibility index (Phi) is 4.01. The molecule has 0 aliphatic rings. The average Bonchev–Trinajstić information content (AvgIpc) is 2.98. The van der Waals surface area contributed by atoms with E-state index in [1.54, 1.807) is 12.5 Å². The van der Waals surface area contributed by atoms with Crippen LogP contribution in [0, 0.1) is 0 Å². The molecule has 0 aliphatic heterocycles. The van der Waals surface area contributed by atoms with E-state index < -0.39 is 0 Å². The van der Waals surface area contributed by atoms with E-state index in [1.807, 2.05) is 25.1 Å². The predicted octanol–water partition coefficient (Wildman–Crippen LogP) is 1.43. The van der Waals surface area contributed by atoms with Gasteiger partial charge < -0.3 is 15.1 Å². The van der Waals surface area contributed by atoms with E-state index >= 15 is 0 Å². The molecule has 96 valence electrons. The number of hydrogen-bond donors (Lipinski definition) is 3. The van der Waals surface area contributed by atoms with Gasteiger partial charge in [-0.15, -0.1) is 0 Å². The number of furan rings is 1. The first-order chi connectivity index (χ1) is 8.74. The summed E-state index contributed by atoms with van der Waals surface area (Å²) in [6.45, 7) is 2.36. The van der Waals surface area contributed by atoms with Crippen LogP contribution in [0.4, 0.5) is 4.79 Å². The smallest absolute Gasteiger partial charge is 0.315 e. The van der Waals surface area contributed by atoms with Crippen molar-refractivity contribution < 1.29 is 9.21 Å². The van der Waals surface area contributed by atoms with Crippen LogP contribution < -0.4 is 10.6 Å². The molecule has 6 nitrogen and oxygen atoms in total. The van der Waals surface area contributed by atoms with Crippen LogP contribution in [0.5, 0.6) is 0 Å². The second-order valence-electron chi connectivity index (χ2n) is 4.09. The van der Waals surface area contributed by atoms with E-state index in [0.29, 0.717) is 13.0 Å². The summed E-state index contributed by atoms with van der Waals surface area (Å²) in [5.41, 5.74) is 0.865. The first-order valence-electron chi connectivity index (χ1n) is 5.79. The Morgan fingerprint density at radius 2 is 2.44 bits per heavy atom. The van der Waals surface area contributed by atoms with Crippen molar-refractivity contribution in [2.45, 2.75) is 25.9 Å². The Morgan fingerprint density at radius 3 is 3.11 bits per heavy atom. The molecule has 0 bridgehead atoms. The minimum Gasteiger partial charge on any atom is -0.469 e. The number of urea groups is 1. The Balaban J connectivity index is 1.70. The van der Waals surface area contributed by atoms with Crippen LogP contribution >= 0.6 is 0 Å². The van der Waals surface area contributed by atoms with Crippen LogP contribution in [-0.4, -0.2) is 22.3 Å². The highest BCUT2D eigenvalue weighted by Gasteiger charge is 2.09. The van der Waals surface area contributed by atoms with E-state index in [9.17, 15) is 4.79 Å². The minimum atomic E-state index is -0.205. The number of carbonyl (C=O) groups is 1. The van der Waals surface area contributed by atoms with Crippen LogP contribution in [0.2, 0.25) is 0 Å². The molecular weight excluding hydrogens is 232 g/mol. The molecule has 6 heteroatoms. The van der Waals surface area contributed by atoms with Gasteiger partial charge in [-0.1, -0.05) is 0 Å². The van der Waals surface area contributed by atoms with Crippen LogP contribution in [0.25, 0.3) is 0 Å². The van der Waals surface area contributed by atoms with Gasteiger partial charge in [-0.25, -0.2) is 4.79 Å². The third kappa shape index (κ3) is 3.65. The maximum Gasteiger partial charge on any atom is 0.315 e. The van der Waals surface area contributed by atoms with Crippen molar-refractivity contribution in [2.75, 3.05) is 0 Å². The minimum absolute atomic E-state index is 0.0120. The Bertz CT molecular complexity index is 464. The number of aromatic nitrogens is 2. The van der Waals surface area contributed by atoms with Crippen molar-refractivity contribution in [3.63, 3.8) is 0 Å². The summed E-state index contributed by atoms with van der Waals surface area (Å²) in [6, 6.07) is 5.34. The van der Waals surface area contributed by atoms with Gasteiger partial charge in [-0.2, -0.15) is 5.10 Å². The van der Waals surface area contributed by atoms with Gasteiger partial charge in [0.25, 0.3) is 0 Å². The topological polar surface area (TPSA) is 82.9 Å². The maximum atomic E-state index is 11.6. The number of aromatic amines is 1. The number of H-pyrrole nitrogens is 1. The molecule has 0 saturated heterocycles. The number of hydrogen-bond acceptors (Lipinski definition) is 3. The molecular formula is C12H16N4O2. The van der Waals surface area contributed by atoms with E-state index in [4.69, 9.17) is 4.42 Å². The summed E-state index contributed by atoms with van der Waals surface area (Å²) in [6.07, 6.45) is 3.94. The molecule has 2 heterocycles. The molecule has 2 aromatic heterocycles. The molecule has 0 fully saturated rings. The first kappa shape index (κ1) is 12.2. The quantitative estimate of drug-likeness (QED) is 0.748. The molecule has 2 rings (SSSR count). The van der Waals surface area contributed by atoms with Gasteiger partial charge in [-0.3, -0.25) is 5.10 Å². The van der Waals surface area contributed by atoms with Crippen molar-refractivity contribution in [3.05, 3.63) is 42.1 Å². The molecule has 0 unspecified atom stereocenters. The van der Waals surface area contributed by atoms with Gasteiger partial charge in [-0.05, 0) is 25.1 Å². The normalized spacial score (nSPS) is 12.1. The lowest BCUT2D eigenvalue weighted by atomic mass is 10.2. The van der Waals surface area contributed by atoms with Gasteiger partial charge in [0.1, 0.15) is 5.76 Å².